The van der Waals surface area contributed by atoms with E-state index in [1.54, 1.807) is 0 Å². The summed E-state index contributed by atoms with van der Waals surface area (Å²) >= 11 is 0. The van der Waals surface area contributed by atoms with Crippen molar-refractivity contribution in [1.29, 1.82) is 0 Å². The Morgan fingerprint density at radius 1 is 1.26 bits per heavy atom. The molecule has 0 spiro atoms. The first-order valence-corrected chi connectivity index (χ1v) is 7.53. The van der Waals surface area contributed by atoms with Crippen molar-refractivity contribution in [2.45, 2.75) is 51.5 Å². The zero-order valence-corrected chi connectivity index (χ0v) is 12.3. The molecular formula is C17H25NO. The van der Waals surface area contributed by atoms with E-state index in [-0.39, 0.29) is 5.54 Å². The summed E-state index contributed by atoms with van der Waals surface area (Å²) in [7, 11) is 0. The molecule has 0 saturated heterocycles. The van der Waals surface area contributed by atoms with Crippen LogP contribution in [0.5, 0.6) is 5.75 Å². The first-order valence-electron chi connectivity index (χ1n) is 7.53. The Kier molecular flexibility index (Phi) is 3.30. The van der Waals surface area contributed by atoms with E-state index in [0.29, 0.717) is 0 Å². The Hall–Kier alpha value is -1.02. The van der Waals surface area contributed by atoms with Gasteiger partial charge in [0.2, 0.25) is 0 Å². The molecule has 1 heterocycles. The van der Waals surface area contributed by atoms with Crippen molar-refractivity contribution < 1.29 is 4.74 Å². The van der Waals surface area contributed by atoms with Gasteiger partial charge in [-0.3, -0.25) is 0 Å². The van der Waals surface area contributed by atoms with Crippen LogP contribution in [0.1, 0.15) is 50.7 Å². The minimum Gasteiger partial charge on any atom is -0.493 e. The van der Waals surface area contributed by atoms with Crippen LogP contribution in [0, 0.1) is 5.92 Å². The van der Waals surface area contributed by atoms with E-state index >= 15 is 0 Å². The molecular weight excluding hydrogens is 234 g/mol. The SMILES string of the molecule is CC(C)(C)NCC1CCC1c1ccc2c(c1)CCO2. The molecule has 2 nitrogen and oxygen atoms in total. The molecule has 2 atom stereocenters. The zero-order chi connectivity index (χ0) is 13.5. The molecule has 2 aliphatic rings. The van der Waals surface area contributed by atoms with Crippen LogP contribution in [0.25, 0.3) is 0 Å². The molecule has 104 valence electrons. The molecule has 1 aliphatic heterocycles. The molecule has 1 aromatic rings. The molecule has 2 unspecified atom stereocenters. The van der Waals surface area contributed by atoms with Gasteiger partial charge in [0.25, 0.3) is 0 Å². The van der Waals surface area contributed by atoms with E-state index in [1.165, 1.54) is 24.0 Å². The largest absolute Gasteiger partial charge is 0.493 e. The van der Waals surface area contributed by atoms with Gasteiger partial charge in [-0.25, -0.2) is 0 Å². The Balaban J connectivity index is 1.66. The van der Waals surface area contributed by atoms with Gasteiger partial charge in [-0.15, -0.1) is 0 Å². The number of rotatable bonds is 3. The Bertz CT molecular complexity index is 461. The van der Waals surface area contributed by atoms with Crippen molar-refractivity contribution in [1.82, 2.24) is 5.32 Å². The second kappa shape index (κ2) is 4.82. The Morgan fingerprint density at radius 2 is 2.11 bits per heavy atom. The Morgan fingerprint density at radius 3 is 2.79 bits per heavy atom. The summed E-state index contributed by atoms with van der Waals surface area (Å²) in [5, 5.41) is 3.65. The quantitative estimate of drug-likeness (QED) is 0.897. The van der Waals surface area contributed by atoms with E-state index in [2.05, 4.69) is 44.3 Å². The van der Waals surface area contributed by atoms with Crippen molar-refractivity contribution >= 4 is 0 Å². The number of benzene rings is 1. The molecule has 1 N–H and O–H groups in total. The molecule has 1 fully saturated rings. The lowest BCUT2D eigenvalue weighted by Crippen LogP contribution is -2.42. The molecule has 0 radical (unpaired) electrons. The highest BCUT2D eigenvalue weighted by atomic mass is 16.5. The minimum atomic E-state index is 0.228. The maximum absolute atomic E-state index is 5.59. The van der Waals surface area contributed by atoms with Crippen LogP contribution in [0.3, 0.4) is 0 Å². The van der Waals surface area contributed by atoms with Gasteiger partial charge < -0.3 is 10.1 Å². The minimum absolute atomic E-state index is 0.228. The number of hydrogen-bond donors (Lipinski definition) is 1. The van der Waals surface area contributed by atoms with E-state index in [1.807, 2.05) is 0 Å². The molecule has 3 rings (SSSR count). The van der Waals surface area contributed by atoms with Crippen LogP contribution in [0.15, 0.2) is 18.2 Å². The lowest BCUT2D eigenvalue weighted by Gasteiger charge is -2.39. The van der Waals surface area contributed by atoms with Gasteiger partial charge in [0.05, 0.1) is 6.61 Å². The first-order chi connectivity index (χ1) is 9.03. The van der Waals surface area contributed by atoms with Gasteiger partial charge in [-0.2, -0.15) is 0 Å². The molecule has 1 aliphatic carbocycles. The lowest BCUT2D eigenvalue weighted by atomic mass is 9.69. The summed E-state index contributed by atoms with van der Waals surface area (Å²) in [5.74, 6) is 2.66. The van der Waals surface area contributed by atoms with Crippen LogP contribution in [-0.2, 0) is 6.42 Å². The van der Waals surface area contributed by atoms with Crippen LogP contribution < -0.4 is 10.1 Å². The highest BCUT2D eigenvalue weighted by Crippen LogP contribution is 2.43. The molecule has 0 amide bonds. The average molecular weight is 259 g/mol. The predicted octanol–water partition coefficient (Wildman–Crippen LogP) is 3.50. The van der Waals surface area contributed by atoms with Crippen molar-refractivity contribution in [3.8, 4) is 5.75 Å². The molecule has 19 heavy (non-hydrogen) atoms. The number of hydrogen-bond acceptors (Lipinski definition) is 2. The van der Waals surface area contributed by atoms with Gasteiger partial charge in [-0.1, -0.05) is 12.1 Å². The van der Waals surface area contributed by atoms with Crippen LogP contribution in [0.4, 0.5) is 0 Å². The fourth-order valence-electron chi connectivity index (χ4n) is 3.13. The van der Waals surface area contributed by atoms with Gasteiger partial charge in [0, 0.05) is 12.0 Å². The van der Waals surface area contributed by atoms with E-state index in [0.717, 1.165) is 37.2 Å². The highest BCUT2D eigenvalue weighted by Gasteiger charge is 2.33. The molecule has 2 heteroatoms. The number of ether oxygens (including phenoxy) is 1. The number of nitrogens with one attached hydrogen (secondary N) is 1. The smallest absolute Gasteiger partial charge is 0.122 e. The third-order valence-electron chi connectivity index (χ3n) is 4.45. The van der Waals surface area contributed by atoms with Gasteiger partial charge >= 0.3 is 0 Å². The van der Waals surface area contributed by atoms with Gasteiger partial charge in [0.15, 0.2) is 0 Å². The van der Waals surface area contributed by atoms with Crippen LogP contribution >= 0.6 is 0 Å². The van der Waals surface area contributed by atoms with Crippen LogP contribution in [0.2, 0.25) is 0 Å². The fourth-order valence-corrected chi connectivity index (χ4v) is 3.13. The molecule has 0 bridgehead atoms. The summed E-state index contributed by atoms with van der Waals surface area (Å²) in [5.41, 5.74) is 3.16. The second-order valence-electron chi connectivity index (χ2n) is 7.04. The first kappa shape index (κ1) is 13.0. The van der Waals surface area contributed by atoms with Gasteiger partial charge in [0.1, 0.15) is 5.75 Å². The average Bonchev–Trinajstić information content (AvgIpc) is 2.73. The summed E-state index contributed by atoms with van der Waals surface area (Å²) in [4.78, 5) is 0. The van der Waals surface area contributed by atoms with Gasteiger partial charge in [-0.05, 0) is 69.2 Å². The molecule has 1 saturated carbocycles. The van der Waals surface area contributed by atoms with E-state index in [4.69, 9.17) is 4.74 Å². The maximum atomic E-state index is 5.59. The standard InChI is InChI=1S/C17H25NO/c1-17(2,3)18-11-14-4-6-15(14)12-5-7-16-13(10-12)8-9-19-16/h5,7,10,14-15,18H,4,6,8-9,11H2,1-3H3. The topological polar surface area (TPSA) is 21.3 Å². The third kappa shape index (κ3) is 2.79. The second-order valence-corrected chi connectivity index (χ2v) is 7.04. The molecule has 1 aromatic carbocycles. The van der Waals surface area contributed by atoms with Crippen molar-refractivity contribution in [3.63, 3.8) is 0 Å². The number of fused-ring (bicyclic) bond motifs is 1. The predicted molar refractivity (Wildman–Crippen MR) is 78.9 cm³/mol. The Labute approximate surface area is 116 Å². The summed E-state index contributed by atoms with van der Waals surface area (Å²) in [6.45, 7) is 8.73. The summed E-state index contributed by atoms with van der Waals surface area (Å²) < 4.78 is 5.59. The third-order valence-corrected chi connectivity index (χ3v) is 4.45. The van der Waals surface area contributed by atoms with Crippen LogP contribution in [-0.4, -0.2) is 18.7 Å². The fraction of sp³-hybridized carbons (Fsp3) is 0.647. The maximum Gasteiger partial charge on any atom is 0.122 e. The highest BCUT2D eigenvalue weighted by molar-refractivity contribution is 5.41. The monoisotopic (exact) mass is 259 g/mol. The summed E-state index contributed by atoms with van der Waals surface area (Å²) in [6, 6.07) is 6.83. The van der Waals surface area contributed by atoms with E-state index in [9.17, 15) is 0 Å². The molecule has 0 aromatic heterocycles. The van der Waals surface area contributed by atoms with Crippen molar-refractivity contribution in [2.24, 2.45) is 5.92 Å². The van der Waals surface area contributed by atoms with E-state index < -0.39 is 0 Å². The lowest BCUT2D eigenvalue weighted by molar-refractivity contribution is 0.225. The summed E-state index contributed by atoms with van der Waals surface area (Å²) in [6.07, 6.45) is 3.79. The normalized spacial score (nSPS) is 25.6. The zero-order valence-electron chi connectivity index (χ0n) is 12.3. The van der Waals surface area contributed by atoms with Crippen molar-refractivity contribution in [2.75, 3.05) is 13.2 Å². The van der Waals surface area contributed by atoms with Crippen molar-refractivity contribution in [3.05, 3.63) is 29.3 Å².